The van der Waals surface area contributed by atoms with Crippen LogP contribution in [0, 0.1) is 0 Å². The summed E-state index contributed by atoms with van der Waals surface area (Å²) in [4.78, 5) is 0. The first-order chi connectivity index (χ1) is 6.75. The van der Waals surface area contributed by atoms with E-state index in [2.05, 4.69) is 15.4 Å². The Morgan fingerprint density at radius 3 is 3.00 bits per heavy atom. The van der Waals surface area contributed by atoms with E-state index in [1.165, 1.54) is 0 Å². The van der Waals surface area contributed by atoms with Crippen LogP contribution < -0.4 is 0 Å². The summed E-state index contributed by atoms with van der Waals surface area (Å²) < 4.78 is 5.12. The molecule has 4 nitrogen and oxygen atoms in total. The highest BCUT2D eigenvalue weighted by Gasteiger charge is 2.42. The molecular weight excluding hydrogens is 202 g/mol. The van der Waals surface area contributed by atoms with E-state index in [0.29, 0.717) is 6.61 Å². The summed E-state index contributed by atoms with van der Waals surface area (Å²) in [5, 5.41) is 10.1. The van der Waals surface area contributed by atoms with Gasteiger partial charge in [0.15, 0.2) is 5.06 Å². The molecule has 1 unspecified atom stereocenters. The van der Waals surface area contributed by atoms with Crippen LogP contribution in [0.15, 0.2) is 18.2 Å². The molecule has 2 heterocycles. The fourth-order valence-electron chi connectivity index (χ4n) is 1.48. The number of epoxide rings is 1. The number of nitrogens with one attached hydrogen (secondary N) is 1. The highest BCUT2D eigenvalue weighted by Crippen LogP contribution is 2.35. The smallest absolute Gasteiger partial charge is 0.169 e. The van der Waals surface area contributed by atoms with E-state index < -0.39 is 5.06 Å². The zero-order chi connectivity index (χ0) is 9.60. The van der Waals surface area contributed by atoms with Crippen LogP contribution in [0.4, 0.5) is 0 Å². The Balaban J connectivity index is 1.97. The van der Waals surface area contributed by atoms with Gasteiger partial charge in [-0.25, -0.2) is 0 Å². The molecular formula is C9H8ClN3O. The zero-order valence-electron chi connectivity index (χ0n) is 7.33. The second kappa shape index (κ2) is 2.68. The van der Waals surface area contributed by atoms with E-state index in [9.17, 15) is 0 Å². The van der Waals surface area contributed by atoms with Crippen LogP contribution in [0.25, 0.3) is 11.0 Å². The number of rotatable bonds is 2. The van der Waals surface area contributed by atoms with E-state index in [-0.39, 0.29) is 0 Å². The quantitative estimate of drug-likeness (QED) is 0.602. The van der Waals surface area contributed by atoms with Gasteiger partial charge in [0.05, 0.1) is 6.61 Å². The maximum absolute atomic E-state index is 6.04. The average Bonchev–Trinajstić information content (AvgIpc) is 2.73. The zero-order valence-corrected chi connectivity index (χ0v) is 8.08. The van der Waals surface area contributed by atoms with Crippen LogP contribution in [0.3, 0.4) is 0 Å². The summed E-state index contributed by atoms with van der Waals surface area (Å²) in [6, 6.07) is 5.90. The first-order valence-corrected chi connectivity index (χ1v) is 4.75. The van der Waals surface area contributed by atoms with Crippen LogP contribution in [-0.2, 0) is 11.2 Å². The summed E-state index contributed by atoms with van der Waals surface area (Å²) in [5.74, 6) is 0. The monoisotopic (exact) mass is 209 g/mol. The molecule has 1 N–H and O–H groups in total. The minimum atomic E-state index is -0.461. The summed E-state index contributed by atoms with van der Waals surface area (Å²) in [5.41, 5.74) is 2.86. The Hall–Kier alpha value is -1.13. The lowest BCUT2D eigenvalue weighted by Crippen LogP contribution is -2.04. The van der Waals surface area contributed by atoms with Crippen LogP contribution in [0.2, 0.25) is 0 Å². The highest BCUT2D eigenvalue weighted by atomic mass is 35.5. The predicted octanol–water partition coefficient (Wildman–Crippen LogP) is 1.47. The van der Waals surface area contributed by atoms with Crippen molar-refractivity contribution in [2.75, 3.05) is 6.61 Å². The Kier molecular flexibility index (Phi) is 1.57. The van der Waals surface area contributed by atoms with Gasteiger partial charge in [0.25, 0.3) is 0 Å². The first kappa shape index (κ1) is 8.20. The molecule has 0 amide bonds. The summed E-state index contributed by atoms with van der Waals surface area (Å²) >= 11 is 6.04. The molecule has 1 aliphatic heterocycles. The largest absolute Gasteiger partial charge is 0.353 e. The molecule has 14 heavy (non-hydrogen) atoms. The normalized spacial score (nSPS) is 25.5. The molecule has 72 valence electrons. The van der Waals surface area contributed by atoms with Crippen molar-refractivity contribution in [1.82, 2.24) is 15.4 Å². The maximum atomic E-state index is 6.04. The average molecular weight is 210 g/mol. The van der Waals surface area contributed by atoms with Gasteiger partial charge in [-0.15, -0.1) is 0 Å². The second-order valence-electron chi connectivity index (χ2n) is 3.50. The lowest BCUT2D eigenvalue weighted by molar-refractivity contribution is 0.378. The van der Waals surface area contributed by atoms with Crippen LogP contribution in [-0.4, -0.2) is 27.1 Å². The van der Waals surface area contributed by atoms with Crippen LogP contribution in [0.5, 0.6) is 0 Å². The summed E-state index contributed by atoms with van der Waals surface area (Å²) in [6.45, 7) is 0.630. The van der Waals surface area contributed by atoms with Gasteiger partial charge in [-0.2, -0.15) is 15.4 Å². The van der Waals surface area contributed by atoms with Crippen molar-refractivity contribution < 1.29 is 4.74 Å². The van der Waals surface area contributed by atoms with E-state index >= 15 is 0 Å². The molecule has 1 aromatic heterocycles. The number of benzene rings is 1. The Labute approximate surface area is 85.2 Å². The SMILES string of the molecule is ClC1(Cc2ccc3n[nH]nc3c2)CO1. The second-order valence-corrected chi connectivity index (χ2v) is 4.18. The Morgan fingerprint density at radius 2 is 2.21 bits per heavy atom. The third-order valence-corrected chi connectivity index (χ3v) is 2.66. The molecule has 0 spiro atoms. The van der Waals surface area contributed by atoms with Gasteiger partial charge in [-0.05, 0) is 17.7 Å². The van der Waals surface area contributed by atoms with Crippen LogP contribution >= 0.6 is 11.6 Å². The number of hydrogen-bond acceptors (Lipinski definition) is 3. The molecule has 1 fully saturated rings. The Morgan fingerprint density at radius 1 is 1.43 bits per heavy atom. The maximum Gasteiger partial charge on any atom is 0.169 e. The van der Waals surface area contributed by atoms with Crippen molar-refractivity contribution in [1.29, 1.82) is 0 Å². The van der Waals surface area contributed by atoms with Crippen molar-refractivity contribution in [2.45, 2.75) is 11.5 Å². The van der Waals surface area contributed by atoms with E-state index in [0.717, 1.165) is 23.0 Å². The molecule has 1 atom stereocenters. The number of aromatic amines is 1. The summed E-state index contributed by atoms with van der Waals surface area (Å²) in [6.07, 6.45) is 0.720. The predicted molar refractivity (Wildman–Crippen MR) is 52.1 cm³/mol. The van der Waals surface area contributed by atoms with Gasteiger partial charge < -0.3 is 4.74 Å². The number of aromatic nitrogens is 3. The molecule has 1 aliphatic rings. The standard InChI is InChI=1S/C9H8ClN3O/c10-9(5-14-9)4-6-1-2-7-8(3-6)12-13-11-7/h1-3H,4-5H2,(H,11,12,13). The number of H-pyrrole nitrogens is 1. The van der Waals surface area contributed by atoms with Crippen molar-refractivity contribution >= 4 is 22.6 Å². The van der Waals surface area contributed by atoms with Crippen molar-refractivity contribution in [2.24, 2.45) is 0 Å². The third-order valence-electron chi connectivity index (χ3n) is 2.31. The van der Waals surface area contributed by atoms with Gasteiger partial charge in [0.2, 0.25) is 0 Å². The number of halogens is 1. The van der Waals surface area contributed by atoms with E-state index in [1.54, 1.807) is 0 Å². The van der Waals surface area contributed by atoms with Crippen LogP contribution in [0.1, 0.15) is 5.56 Å². The first-order valence-electron chi connectivity index (χ1n) is 4.37. The molecule has 0 saturated carbocycles. The molecule has 1 aromatic carbocycles. The van der Waals surface area contributed by atoms with Gasteiger partial charge >= 0.3 is 0 Å². The van der Waals surface area contributed by atoms with Crippen molar-refractivity contribution in [3.05, 3.63) is 23.8 Å². The lowest BCUT2D eigenvalue weighted by atomic mass is 10.1. The molecule has 5 heteroatoms. The molecule has 1 saturated heterocycles. The van der Waals surface area contributed by atoms with Gasteiger partial charge in [0, 0.05) is 6.42 Å². The van der Waals surface area contributed by atoms with Gasteiger partial charge in [-0.3, -0.25) is 0 Å². The number of fused-ring (bicyclic) bond motifs is 1. The van der Waals surface area contributed by atoms with E-state index in [1.807, 2.05) is 18.2 Å². The lowest BCUT2D eigenvalue weighted by Gasteiger charge is -2.02. The molecule has 0 radical (unpaired) electrons. The van der Waals surface area contributed by atoms with Gasteiger partial charge in [-0.1, -0.05) is 17.7 Å². The minimum Gasteiger partial charge on any atom is -0.353 e. The number of ether oxygens (including phenoxy) is 1. The summed E-state index contributed by atoms with van der Waals surface area (Å²) in [7, 11) is 0. The third kappa shape index (κ3) is 1.36. The highest BCUT2D eigenvalue weighted by molar-refractivity contribution is 6.24. The Bertz CT molecular complexity index is 478. The fraction of sp³-hybridized carbons (Fsp3) is 0.333. The molecule has 2 aromatic rings. The fourth-order valence-corrected chi connectivity index (χ4v) is 1.69. The molecule has 0 bridgehead atoms. The topological polar surface area (TPSA) is 54.1 Å². The molecule has 3 rings (SSSR count). The minimum absolute atomic E-state index is 0.461. The van der Waals surface area contributed by atoms with E-state index in [4.69, 9.17) is 16.3 Å². The van der Waals surface area contributed by atoms with Crippen molar-refractivity contribution in [3.8, 4) is 0 Å². The van der Waals surface area contributed by atoms with Gasteiger partial charge in [0.1, 0.15) is 11.0 Å². The van der Waals surface area contributed by atoms with Crippen molar-refractivity contribution in [3.63, 3.8) is 0 Å². The number of alkyl halides is 1. The number of nitrogens with zero attached hydrogens (tertiary/aromatic N) is 2. The number of hydrogen-bond donors (Lipinski definition) is 1. The molecule has 0 aliphatic carbocycles.